The first kappa shape index (κ1) is 20.2. The van der Waals surface area contributed by atoms with Gasteiger partial charge >= 0.3 is 6.18 Å². The zero-order chi connectivity index (χ0) is 19.7. The summed E-state index contributed by atoms with van der Waals surface area (Å²) < 4.78 is 65.2. The van der Waals surface area contributed by atoms with Crippen molar-refractivity contribution in [1.29, 1.82) is 0 Å². The largest absolute Gasteiger partial charge is 0.416 e. The van der Waals surface area contributed by atoms with Gasteiger partial charge in [0.1, 0.15) is 0 Å². The quantitative estimate of drug-likeness (QED) is 0.717. The minimum Gasteiger partial charge on any atom is -0.207 e. The lowest BCUT2D eigenvalue weighted by Crippen LogP contribution is -2.33. The van der Waals surface area contributed by atoms with E-state index in [4.69, 9.17) is 0 Å². The highest BCUT2D eigenvalue weighted by atomic mass is 32.2. The molecule has 0 radical (unpaired) electrons. The van der Waals surface area contributed by atoms with Crippen molar-refractivity contribution in [3.8, 4) is 0 Å². The molecule has 0 amide bonds. The Morgan fingerprint density at radius 1 is 1.04 bits per heavy atom. The molecule has 2 aromatic carbocycles. The summed E-state index contributed by atoms with van der Waals surface area (Å²) in [5.41, 5.74) is 1.53. The van der Waals surface area contributed by atoms with E-state index in [1.54, 1.807) is 11.8 Å². The minimum absolute atomic E-state index is 0.102. The number of hydrogen-bond acceptors (Lipinski definition) is 3. The van der Waals surface area contributed by atoms with Gasteiger partial charge in [-0.3, -0.25) is 0 Å². The van der Waals surface area contributed by atoms with E-state index in [-0.39, 0.29) is 10.1 Å². The summed E-state index contributed by atoms with van der Waals surface area (Å²) in [5, 5.41) is 0.207. The first-order valence-corrected chi connectivity index (χ1v) is 11.0. The maximum Gasteiger partial charge on any atom is 0.416 e. The van der Waals surface area contributed by atoms with E-state index in [1.807, 2.05) is 25.1 Å². The molecule has 0 N–H and O–H groups in total. The van der Waals surface area contributed by atoms with Crippen molar-refractivity contribution >= 4 is 21.8 Å². The SMILES string of the molecule is Cc1ccccc1C1CCN(S(=O)(=O)c2ccc(C(F)(F)F)cc2)CCS1. The van der Waals surface area contributed by atoms with Crippen molar-refractivity contribution in [3.63, 3.8) is 0 Å². The molecule has 1 fully saturated rings. The molecule has 146 valence electrons. The molecule has 3 nitrogen and oxygen atoms in total. The van der Waals surface area contributed by atoms with E-state index in [0.29, 0.717) is 25.3 Å². The summed E-state index contributed by atoms with van der Waals surface area (Å²) in [7, 11) is -3.81. The second kappa shape index (κ2) is 7.85. The summed E-state index contributed by atoms with van der Waals surface area (Å²) in [5.74, 6) is 0.638. The maximum atomic E-state index is 12.8. The van der Waals surface area contributed by atoms with Crippen LogP contribution >= 0.6 is 11.8 Å². The third-order valence-corrected chi connectivity index (χ3v) is 7.88. The van der Waals surface area contributed by atoms with Gasteiger partial charge in [0.05, 0.1) is 10.5 Å². The van der Waals surface area contributed by atoms with Gasteiger partial charge in [0, 0.05) is 24.1 Å². The fraction of sp³-hybridized carbons (Fsp3) is 0.368. The molecule has 27 heavy (non-hydrogen) atoms. The summed E-state index contributed by atoms with van der Waals surface area (Å²) in [6.45, 7) is 2.73. The number of rotatable bonds is 3. The van der Waals surface area contributed by atoms with Crippen LogP contribution in [0, 0.1) is 6.92 Å². The molecule has 0 aliphatic carbocycles. The second-order valence-corrected chi connectivity index (χ2v) is 9.68. The van der Waals surface area contributed by atoms with E-state index < -0.39 is 21.8 Å². The van der Waals surface area contributed by atoms with Gasteiger partial charge in [0.2, 0.25) is 10.0 Å². The number of nitrogens with zero attached hydrogens (tertiary/aromatic N) is 1. The average molecular weight is 416 g/mol. The highest BCUT2D eigenvalue weighted by Crippen LogP contribution is 2.37. The topological polar surface area (TPSA) is 37.4 Å². The molecule has 1 heterocycles. The number of halogens is 3. The van der Waals surface area contributed by atoms with Gasteiger partial charge in [0.25, 0.3) is 0 Å². The molecular formula is C19H20F3NO2S2. The molecular weight excluding hydrogens is 395 g/mol. The molecule has 0 spiro atoms. The number of benzene rings is 2. The molecule has 0 saturated carbocycles. The predicted octanol–water partition coefficient (Wildman–Crippen LogP) is 4.88. The van der Waals surface area contributed by atoms with Gasteiger partial charge in [-0.2, -0.15) is 29.2 Å². The normalized spacial score (nSPS) is 19.6. The van der Waals surface area contributed by atoms with Crippen molar-refractivity contribution in [2.24, 2.45) is 0 Å². The summed E-state index contributed by atoms with van der Waals surface area (Å²) in [6.07, 6.45) is -3.82. The zero-order valence-corrected chi connectivity index (χ0v) is 16.4. The molecule has 1 saturated heterocycles. The van der Waals surface area contributed by atoms with E-state index >= 15 is 0 Å². The van der Waals surface area contributed by atoms with E-state index in [9.17, 15) is 21.6 Å². The molecule has 1 aliphatic rings. The molecule has 1 unspecified atom stereocenters. The fourth-order valence-corrected chi connectivity index (χ4v) is 6.05. The smallest absolute Gasteiger partial charge is 0.207 e. The molecule has 0 bridgehead atoms. The number of thioether (sulfide) groups is 1. The predicted molar refractivity (Wildman–Crippen MR) is 101 cm³/mol. The van der Waals surface area contributed by atoms with Crippen LogP contribution < -0.4 is 0 Å². The maximum absolute atomic E-state index is 12.8. The van der Waals surface area contributed by atoms with Gasteiger partial charge in [0.15, 0.2) is 0 Å². The highest BCUT2D eigenvalue weighted by molar-refractivity contribution is 7.99. The minimum atomic E-state index is -4.48. The molecule has 1 atom stereocenters. The van der Waals surface area contributed by atoms with Crippen LogP contribution in [0.2, 0.25) is 0 Å². The molecule has 8 heteroatoms. The van der Waals surface area contributed by atoms with Gasteiger partial charge in [-0.25, -0.2) is 8.42 Å². The molecule has 1 aliphatic heterocycles. The third-order valence-electron chi connectivity index (χ3n) is 4.66. The monoisotopic (exact) mass is 415 g/mol. The lowest BCUT2D eigenvalue weighted by molar-refractivity contribution is -0.137. The Hall–Kier alpha value is -1.51. The Balaban J connectivity index is 1.77. The van der Waals surface area contributed by atoms with Gasteiger partial charge in [-0.15, -0.1) is 0 Å². The fourth-order valence-electron chi connectivity index (χ4n) is 3.15. The third kappa shape index (κ3) is 4.50. The van der Waals surface area contributed by atoms with Crippen LogP contribution in [-0.4, -0.2) is 31.6 Å². The van der Waals surface area contributed by atoms with Gasteiger partial charge < -0.3 is 0 Å². The van der Waals surface area contributed by atoms with Gasteiger partial charge in [-0.1, -0.05) is 24.3 Å². The van der Waals surface area contributed by atoms with Crippen LogP contribution in [0.4, 0.5) is 13.2 Å². The van der Waals surface area contributed by atoms with Crippen molar-refractivity contribution in [3.05, 3.63) is 65.2 Å². The number of alkyl halides is 3. The Kier molecular flexibility index (Phi) is 5.88. The number of hydrogen-bond donors (Lipinski definition) is 0. The first-order valence-electron chi connectivity index (χ1n) is 8.54. The first-order chi connectivity index (χ1) is 12.7. The van der Waals surface area contributed by atoms with E-state index in [2.05, 4.69) is 6.07 Å². The second-order valence-electron chi connectivity index (χ2n) is 6.43. The van der Waals surface area contributed by atoms with Crippen molar-refractivity contribution in [2.45, 2.75) is 29.7 Å². The van der Waals surface area contributed by atoms with Gasteiger partial charge in [-0.05, 0) is 48.7 Å². The van der Waals surface area contributed by atoms with Crippen molar-refractivity contribution in [1.82, 2.24) is 4.31 Å². The van der Waals surface area contributed by atoms with Crippen LogP contribution in [0.1, 0.15) is 28.4 Å². The Bertz CT molecular complexity index is 896. The van der Waals surface area contributed by atoms with Crippen LogP contribution in [0.5, 0.6) is 0 Å². The summed E-state index contributed by atoms with van der Waals surface area (Å²) in [4.78, 5) is -0.102. The Labute approximate surface area is 161 Å². The van der Waals surface area contributed by atoms with E-state index in [1.165, 1.54) is 15.4 Å². The molecule has 3 rings (SSSR count). The summed E-state index contributed by atoms with van der Waals surface area (Å²) >= 11 is 1.72. The zero-order valence-electron chi connectivity index (χ0n) is 14.7. The standard InChI is InChI=1S/C19H20F3NO2S2/c1-14-4-2-3-5-17(14)18-10-11-23(12-13-26-18)27(24,25)16-8-6-15(7-9-16)19(20,21)22/h2-9,18H,10-13H2,1H3. The van der Waals surface area contributed by atoms with Crippen LogP contribution in [0.3, 0.4) is 0 Å². The van der Waals surface area contributed by atoms with E-state index in [0.717, 1.165) is 24.3 Å². The number of sulfonamides is 1. The summed E-state index contributed by atoms with van der Waals surface area (Å²) in [6, 6.07) is 11.8. The highest BCUT2D eigenvalue weighted by Gasteiger charge is 2.32. The van der Waals surface area contributed by atoms with Crippen LogP contribution in [0.25, 0.3) is 0 Å². The van der Waals surface area contributed by atoms with Crippen molar-refractivity contribution in [2.75, 3.05) is 18.8 Å². The van der Waals surface area contributed by atoms with Crippen molar-refractivity contribution < 1.29 is 21.6 Å². The number of aryl methyl sites for hydroxylation is 1. The molecule has 0 aromatic heterocycles. The Morgan fingerprint density at radius 3 is 2.33 bits per heavy atom. The molecule has 2 aromatic rings. The van der Waals surface area contributed by atoms with Crippen LogP contribution in [-0.2, 0) is 16.2 Å². The Morgan fingerprint density at radius 2 is 1.70 bits per heavy atom. The van der Waals surface area contributed by atoms with Crippen LogP contribution in [0.15, 0.2) is 53.4 Å². The lowest BCUT2D eigenvalue weighted by atomic mass is 10.0. The lowest BCUT2D eigenvalue weighted by Gasteiger charge is -2.20. The average Bonchev–Trinajstić information content (AvgIpc) is 2.88.